The van der Waals surface area contributed by atoms with E-state index in [-0.39, 0.29) is 6.04 Å². The highest BCUT2D eigenvalue weighted by atomic mass is 16.5. The van der Waals surface area contributed by atoms with Crippen molar-refractivity contribution in [3.05, 3.63) is 23.9 Å². The average Bonchev–Trinajstić information content (AvgIpc) is 2.33. The lowest BCUT2D eigenvalue weighted by Gasteiger charge is -2.28. The molecule has 1 aromatic rings. The fourth-order valence-electron chi connectivity index (χ4n) is 2.34. The molecule has 3 nitrogen and oxygen atoms in total. The quantitative estimate of drug-likeness (QED) is 0.874. The molecule has 0 amide bonds. The number of hydrogen-bond donors (Lipinski definition) is 1. The third-order valence-corrected chi connectivity index (χ3v) is 3.59. The van der Waals surface area contributed by atoms with Crippen molar-refractivity contribution >= 4 is 0 Å². The Hall–Kier alpha value is -1.09. The molecule has 1 aliphatic rings. The lowest BCUT2D eigenvalue weighted by molar-refractivity contribution is 0.0975. The highest BCUT2D eigenvalue weighted by molar-refractivity contribution is 5.20. The van der Waals surface area contributed by atoms with Crippen LogP contribution in [0, 0.1) is 5.92 Å². The molecule has 3 atom stereocenters. The second-order valence-electron chi connectivity index (χ2n) is 5.14. The Morgan fingerprint density at radius 3 is 2.71 bits per heavy atom. The third kappa shape index (κ3) is 3.19. The second kappa shape index (κ2) is 5.50. The Bertz CT molecular complexity index is 348. The molecule has 1 aliphatic carbocycles. The summed E-state index contributed by atoms with van der Waals surface area (Å²) in [6, 6.07) is 3.96. The first-order valence-corrected chi connectivity index (χ1v) is 6.55. The number of rotatable bonds is 3. The number of hydrogen-bond acceptors (Lipinski definition) is 3. The first-order chi connectivity index (χ1) is 8.16. The maximum atomic E-state index is 5.95. The average molecular weight is 234 g/mol. The summed E-state index contributed by atoms with van der Waals surface area (Å²) in [4.78, 5) is 4.33. The molecule has 0 saturated heterocycles. The maximum absolute atomic E-state index is 5.95. The topological polar surface area (TPSA) is 48.1 Å². The van der Waals surface area contributed by atoms with Gasteiger partial charge in [0.15, 0.2) is 0 Å². The largest absolute Gasteiger partial charge is 0.474 e. The molecule has 0 radical (unpaired) electrons. The zero-order chi connectivity index (χ0) is 12.3. The van der Waals surface area contributed by atoms with Gasteiger partial charge < -0.3 is 10.5 Å². The lowest BCUT2D eigenvalue weighted by atomic mass is 9.88. The summed E-state index contributed by atoms with van der Waals surface area (Å²) in [7, 11) is 0. The zero-order valence-electron chi connectivity index (χ0n) is 10.7. The molecule has 1 heterocycles. The molecule has 1 fully saturated rings. The van der Waals surface area contributed by atoms with Gasteiger partial charge in [-0.1, -0.05) is 19.4 Å². The van der Waals surface area contributed by atoms with E-state index < -0.39 is 0 Å². The summed E-state index contributed by atoms with van der Waals surface area (Å²) in [5, 5.41) is 0. The van der Waals surface area contributed by atoms with Gasteiger partial charge in [0.2, 0.25) is 5.88 Å². The normalized spacial score (nSPS) is 26.5. The minimum atomic E-state index is 0.0326. The summed E-state index contributed by atoms with van der Waals surface area (Å²) in [6.45, 7) is 4.22. The van der Waals surface area contributed by atoms with E-state index in [4.69, 9.17) is 10.5 Å². The first kappa shape index (κ1) is 12.4. The molecule has 0 aromatic carbocycles. The smallest absolute Gasteiger partial charge is 0.213 e. The number of aromatic nitrogens is 1. The van der Waals surface area contributed by atoms with Crippen molar-refractivity contribution in [2.45, 2.75) is 51.7 Å². The molecule has 0 bridgehead atoms. The van der Waals surface area contributed by atoms with Crippen molar-refractivity contribution in [1.29, 1.82) is 0 Å². The van der Waals surface area contributed by atoms with Crippen LogP contribution in [-0.2, 0) is 0 Å². The van der Waals surface area contributed by atoms with Crippen LogP contribution in [0.3, 0.4) is 0 Å². The van der Waals surface area contributed by atoms with Crippen LogP contribution >= 0.6 is 0 Å². The minimum absolute atomic E-state index is 0.0326. The Labute approximate surface area is 103 Å². The van der Waals surface area contributed by atoms with E-state index in [0.717, 1.165) is 17.9 Å². The Morgan fingerprint density at radius 2 is 2.12 bits per heavy atom. The summed E-state index contributed by atoms with van der Waals surface area (Å²) in [6.07, 6.45) is 7.16. The van der Waals surface area contributed by atoms with Crippen LogP contribution in [0.25, 0.3) is 0 Å². The Balaban J connectivity index is 1.98. The van der Waals surface area contributed by atoms with E-state index in [1.807, 2.05) is 25.3 Å². The van der Waals surface area contributed by atoms with Gasteiger partial charge in [-0.15, -0.1) is 0 Å². The molecule has 1 saturated carbocycles. The van der Waals surface area contributed by atoms with Crippen LogP contribution in [0.4, 0.5) is 0 Å². The predicted octanol–water partition coefficient (Wildman–Crippen LogP) is 3.06. The fourth-order valence-corrected chi connectivity index (χ4v) is 2.34. The third-order valence-electron chi connectivity index (χ3n) is 3.59. The van der Waals surface area contributed by atoms with Gasteiger partial charge in [0, 0.05) is 18.3 Å². The molecule has 94 valence electrons. The van der Waals surface area contributed by atoms with Crippen molar-refractivity contribution in [2.75, 3.05) is 0 Å². The van der Waals surface area contributed by atoms with Gasteiger partial charge in [-0.05, 0) is 37.7 Å². The molecule has 0 aliphatic heterocycles. The van der Waals surface area contributed by atoms with Gasteiger partial charge in [-0.3, -0.25) is 0 Å². The van der Waals surface area contributed by atoms with Gasteiger partial charge in [0.1, 0.15) is 6.10 Å². The Morgan fingerprint density at radius 1 is 1.35 bits per heavy atom. The highest BCUT2D eigenvalue weighted by Crippen LogP contribution is 2.27. The van der Waals surface area contributed by atoms with Gasteiger partial charge in [-0.2, -0.15) is 0 Å². The van der Waals surface area contributed by atoms with Crippen LogP contribution in [0.2, 0.25) is 0 Å². The molecule has 17 heavy (non-hydrogen) atoms. The van der Waals surface area contributed by atoms with Gasteiger partial charge in [0.25, 0.3) is 0 Å². The Kier molecular flexibility index (Phi) is 4.00. The van der Waals surface area contributed by atoms with E-state index in [9.17, 15) is 0 Å². The van der Waals surface area contributed by atoms with Crippen molar-refractivity contribution in [2.24, 2.45) is 11.7 Å². The lowest BCUT2D eigenvalue weighted by Crippen LogP contribution is -2.28. The zero-order valence-corrected chi connectivity index (χ0v) is 10.7. The molecule has 1 aromatic heterocycles. The SMILES string of the molecule is CC(N)c1ccc(OC2CCCCC2C)nc1. The van der Waals surface area contributed by atoms with Crippen molar-refractivity contribution in [1.82, 2.24) is 4.98 Å². The molecule has 3 unspecified atom stereocenters. The van der Waals surface area contributed by atoms with E-state index >= 15 is 0 Å². The highest BCUT2D eigenvalue weighted by Gasteiger charge is 2.23. The number of nitrogens with two attached hydrogens (primary N) is 1. The summed E-state index contributed by atoms with van der Waals surface area (Å²) < 4.78 is 5.95. The van der Waals surface area contributed by atoms with Gasteiger partial charge >= 0.3 is 0 Å². The van der Waals surface area contributed by atoms with Gasteiger partial charge in [-0.25, -0.2) is 4.98 Å². The predicted molar refractivity (Wildman–Crippen MR) is 68.9 cm³/mol. The van der Waals surface area contributed by atoms with E-state index in [0.29, 0.717) is 12.0 Å². The monoisotopic (exact) mass is 234 g/mol. The molecular formula is C14H22N2O. The summed E-state index contributed by atoms with van der Waals surface area (Å²) >= 11 is 0. The van der Waals surface area contributed by atoms with Crippen LogP contribution < -0.4 is 10.5 Å². The van der Waals surface area contributed by atoms with Crippen LogP contribution in [0.1, 0.15) is 51.1 Å². The summed E-state index contributed by atoms with van der Waals surface area (Å²) in [5.41, 5.74) is 6.84. The molecule has 2 rings (SSSR count). The number of pyridine rings is 1. The second-order valence-corrected chi connectivity index (χ2v) is 5.14. The standard InChI is InChI=1S/C14H22N2O/c1-10-5-3-4-6-13(10)17-14-8-7-12(9-16-14)11(2)15/h7-11,13H,3-6,15H2,1-2H3. The summed E-state index contributed by atoms with van der Waals surface area (Å²) in [5.74, 6) is 1.37. The van der Waals surface area contributed by atoms with E-state index in [2.05, 4.69) is 11.9 Å². The van der Waals surface area contributed by atoms with E-state index in [1.54, 1.807) is 0 Å². The number of nitrogens with zero attached hydrogens (tertiary/aromatic N) is 1. The van der Waals surface area contributed by atoms with Crippen LogP contribution in [-0.4, -0.2) is 11.1 Å². The van der Waals surface area contributed by atoms with Gasteiger partial charge in [0.05, 0.1) is 0 Å². The van der Waals surface area contributed by atoms with Crippen molar-refractivity contribution in [3.8, 4) is 5.88 Å². The minimum Gasteiger partial charge on any atom is -0.474 e. The number of ether oxygens (including phenoxy) is 1. The fraction of sp³-hybridized carbons (Fsp3) is 0.643. The van der Waals surface area contributed by atoms with Crippen LogP contribution in [0.15, 0.2) is 18.3 Å². The maximum Gasteiger partial charge on any atom is 0.213 e. The van der Waals surface area contributed by atoms with Crippen molar-refractivity contribution in [3.63, 3.8) is 0 Å². The molecule has 3 heteroatoms. The van der Waals surface area contributed by atoms with E-state index in [1.165, 1.54) is 19.3 Å². The van der Waals surface area contributed by atoms with Crippen molar-refractivity contribution < 1.29 is 4.74 Å². The van der Waals surface area contributed by atoms with Crippen LogP contribution in [0.5, 0.6) is 5.88 Å². The molecule has 2 N–H and O–H groups in total. The molecular weight excluding hydrogens is 212 g/mol. The first-order valence-electron chi connectivity index (χ1n) is 6.55. The molecule has 0 spiro atoms.